The summed E-state index contributed by atoms with van der Waals surface area (Å²) in [7, 11) is 1.57. The molecule has 0 atom stereocenters. The molecule has 0 aliphatic rings. The Morgan fingerprint density at radius 1 is 1.26 bits per heavy atom. The van der Waals surface area contributed by atoms with Crippen molar-refractivity contribution in [3.8, 4) is 11.5 Å². The molecule has 0 aliphatic heterocycles. The molecule has 0 saturated carbocycles. The minimum Gasteiger partial charge on any atom is -0.497 e. The average Bonchev–Trinajstić information content (AvgIpc) is 2.56. The average molecular weight is 381 g/mol. The summed E-state index contributed by atoms with van der Waals surface area (Å²) >= 11 is 3.07. The fourth-order valence-corrected chi connectivity index (χ4v) is 2.02. The number of nitrogens with zero attached hydrogens (tertiary/aromatic N) is 1. The van der Waals surface area contributed by atoms with E-state index >= 15 is 0 Å². The third-order valence-electron chi connectivity index (χ3n) is 2.78. The Kier molecular flexibility index (Phi) is 6.10. The number of rotatable bonds is 6. The van der Waals surface area contributed by atoms with Gasteiger partial charge in [0.1, 0.15) is 17.3 Å². The fraction of sp³-hybridized carbons (Fsp3) is 0.125. The number of carbonyl (C=O) groups is 1. The standard InChI is InChI=1S/C16H14BrFN2O3/c1-22-12-3-5-13(6-4-12)23-10-16(21)20-19-9-11-2-7-15(18)14(17)8-11/h2-9H,10H2,1H3,(H,20,21)/b19-9-. The Balaban J connectivity index is 1.79. The second kappa shape index (κ2) is 8.28. The molecule has 0 aliphatic carbocycles. The van der Waals surface area contributed by atoms with Crippen molar-refractivity contribution in [1.29, 1.82) is 0 Å². The summed E-state index contributed by atoms with van der Waals surface area (Å²) < 4.78 is 23.7. The molecule has 23 heavy (non-hydrogen) atoms. The van der Waals surface area contributed by atoms with E-state index < -0.39 is 5.91 Å². The van der Waals surface area contributed by atoms with Crippen LogP contribution in [0.4, 0.5) is 4.39 Å². The van der Waals surface area contributed by atoms with E-state index in [-0.39, 0.29) is 12.4 Å². The Hall–Kier alpha value is -2.41. The normalized spacial score (nSPS) is 10.6. The second-order valence-corrected chi connectivity index (χ2v) is 5.29. The Labute approximate surface area is 141 Å². The highest BCUT2D eigenvalue weighted by Gasteiger charge is 2.02. The zero-order valence-electron chi connectivity index (χ0n) is 12.3. The molecule has 2 rings (SSSR count). The molecular formula is C16H14BrFN2O3. The van der Waals surface area contributed by atoms with E-state index in [4.69, 9.17) is 9.47 Å². The van der Waals surface area contributed by atoms with Gasteiger partial charge in [-0.3, -0.25) is 4.79 Å². The summed E-state index contributed by atoms with van der Waals surface area (Å²) in [6.07, 6.45) is 1.41. The van der Waals surface area contributed by atoms with E-state index in [0.717, 1.165) is 0 Å². The van der Waals surface area contributed by atoms with Gasteiger partial charge in [0.2, 0.25) is 0 Å². The van der Waals surface area contributed by atoms with Crippen molar-refractivity contribution in [2.75, 3.05) is 13.7 Å². The lowest BCUT2D eigenvalue weighted by atomic mass is 10.2. The summed E-state index contributed by atoms with van der Waals surface area (Å²) in [5.41, 5.74) is 2.98. The Morgan fingerprint density at radius 2 is 1.96 bits per heavy atom. The van der Waals surface area contributed by atoms with E-state index in [9.17, 15) is 9.18 Å². The van der Waals surface area contributed by atoms with E-state index in [0.29, 0.717) is 21.5 Å². The number of hydrogen-bond acceptors (Lipinski definition) is 4. The minimum atomic E-state index is -0.404. The van der Waals surface area contributed by atoms with Gasteiger partial charge in [0.05, 0.1) is 17.8 Å². The summed E-state index contributed by atoms with van der Waals surface area (Å²) in [5, 5.41) is 3.78. The SMILES string of the molecule is COc1ccc(OCC(=O)N/N=C\c2ccc(F)c(Br)c2)cc1. The molecule has 0 spiro atoms. The molecule has 0 aromatic heterocycles. The number of hydrogen-bond donors (Lipinski definition) is 1. The van der Waals surface area contributed by atoms with Gasteiger partial charge in [-0.2, -0.15) is 5.10 Å². The van der Waals surface area contributed by atoms with Crippen LogP contribution in [0.25, 0.3) is 0 Å². The van der Waals surface area contributed by atoms with Gasteiger partial charge < -0.3 is 9.47 Å². The van der Waals surface area contributed by atoms with Gasteiger partial charge in [0.15, 0.2) is 6.61 Å². The molecule has 2 aromatic carbocycles. The topological polar surface area (TPSA) is 59.9 Å². The Bertz CT molecular complexity index is 705. The van der Waals surface area contributed by atoms with Crippen molar-refractivity contribution in [2.45, 2.75) is 0 Å². The first-order valence-electron chi connectivity index (χ1n) is 6.62. The fourth-order valence-electron chi connectivity index (χ4n) is 1.62. The van der Waals surface area contributed by atoms with Crippen LogP contribution in [0.5, 0.6) is 11.5 Å². The maximum atomic E-state index is 13.1. The van der Waals surface area contributed by atoms with E-state index in [2.05, 4.69) is 26.5 Å². The number of ether oxygens (including phenoxy) is 2. The van der Waals surface area contributed by atoms with Crippen LogP contribution in [-0.2, 0) is 4.79 Å². The van der Waals surface area contributed by atoms with Gasteiger partial charge in [-0.1, -0.05) is 6.07 Å². The van der Waals surface area contributed by atoms with Gasteiger partial charge >= 0.3 is 0 Å². The lowest BCUT2D eigenvalue weighted by Crippen LogP contribution is -2.24. The first kappa shape index (κ1) is 17.0. The molecule has 120 valence electrons. The van der Waals surface area contributed by atoms with Crippen molar-refractivity contribution in [1.82, 2.24) is 5.43 Å². The highest BCUT2D eigenvalue weighted by molar-refractivity contribution is 9.10. The summed E-state index contributed by atoms with van der Waals surface area (Å²) in [6.45, 7) is -0.170. The number of methoxy groups -OCH3 is 1. The van der Waals surface area contributed by atoms with Gasteiger partial charge in [-0.05, 0) is 57.9 Å². The van der Waals surface area contributed by atoms with E-state index in [1.165, 1.54) is 12.3 Å². The molecule has 0 bridgehead atoms. The van der Waals surface area contributed by atoms with Gasteiger partial charge in [-0.15, -0.1) is 0 Å². The minimum absolute atomic E-state index is 0.170. The first-order chi connectivity index (χ1) is 11.1. The predicted molar refractivity (Wildman–Crippen MR) is 88.3 cm³/mol. The van der Waals surface area contributed by atoms with Crippen LogP contribution < -0.4 is 14.9 Å². The van der Waals surface area contributed by atoms with Gasteiger partial charge in [0, 0.05) is 0 Å². The molecular weight excluding hydrogens is 367 g/mol. The van der Waals surface area contributed by atoms with Crippen LogP contribution >= 0.6 is 15.9 Å². The van der Waals surface area contributed by atoms with Crippen LogP contribution in [0.1, 0.15) is 5.56 Å². The summed E-state index contributed by atoms with van der Waals surface area (Å²) in [6, 6.07) is 11.3. The van der Waals surface area contributed by atoms with Crippen LogP contribution in [0.15, 0.2) is 52.0 Å². The van der Waals surface area contributed by atoms with E-state index in [1.54, 1.807) is 43.5 Å². The number of benzene rings is 2. The monoisotopic (exact) mass is 380 g/mol. The van der Waals surface area contributed by atoms with Crippen LogP contribution in [-0.4, -0.2) is 25.8 Å². The van der Waals surface area contributed by atoms with Crippen molar-refractivity contribution < 1.29 is 18.7 Å². The third kappa shape index (κ3) is 5.37. The van der Waals surface area contributed by atoms with Crippen LogP contribution in [0, 0.1) is 5.82 Å². The largest absolute Gasteiger partial charge is 0.497 e. The predicted octanol–water partition coefficient (Wildman–Crippen LogP) is 3.13. The molecule has 1 amide bonds. The van der Waals surface area contributed by atoms with Gasteiger partial charge in [-0.25, -0.2) is 9.82 Å². The Morgan fingerprint density at radius 3 is 2.61 bits per heavy atom. The zero-order valence-corrected chi connectivity index (χ0v) is 13.8. The quantitative estimate of drug-likeness (QED) is 0.618. The number of amides is 1. The van der Waals surface area contributed by atoms with Crippen molar-refractivity contribution in [3.05, 3.63) is 58.3 Å². The van der Waals surface area contributed by atoms with Crippen molar-refractivity contribution in [2.24, 2.45) is 5.10 Å². The molecule has 0 saturated heterocycles. The molecule has 7 heteroatoms. The molecule has 5 nitrogen and oxygen atoms in total. The summed E-state index contributed by atoms with van der Waals surface area (Å²) in [4.78, 5) is 11.6. The highest BCUT2D eigenvalue weighted by Crippen LogP contribution is 2.17. The number of hydrazone groups is 1. The second-order valence-electron chi connectivity index (χ2n) is 4.43. The number of carbonyl (C=O) groups excluding carboxylic acids is 1. The molecule has 2 aromatic rings. The molecule has 1 N–H and O–H groups in total. The smallest absolute Gasteiger partial charge is 0.277 e. The van der Waals surface area contributed by atoms with Gasteiger partial charge in [0.25, 0.3) is 5.91 Å². The zero-order chi connectivity index (χ0) is 16.7. The maximum absolute atomic E-state index is 13.1. The maximum Gasteiger partial charge on any atom is 0.277 e. The van der Waals surface area contributed by atoms with Crippen LogP contribution in [0.2, 0.25) is 0 Å². The molecule has 0 unspecified atom stereocenters. The lowest BCUT2D eigenvalue weighted by Gasteiger charge is -2.05. The summed E-state index contributed by atoms with van der Waals surface area (Å²) in [5.74, 6) is 0.488. The van der Waals surface area contributed by atoms with E-state index in [1.807, 2.05) is 0 Å². The van der Waals surface area contributed by atoms with Crippen molar-refractivity contribution >= 4 is 28.1 Å². The molecule has 0 fully saturated rings. The first-order valence-corrected chi connectivity index (χ1v) is 7.41. The highest BCUT2D eigenvalue weighted by atomic mass is 79.9. The van der Waals surface area contributed by atoms with Crippen molar-refractivity contribution in [3.63, 3.8) is 0 Å². The van der Waals surface area contributed by atoms with Crippen LogP contribution in [0.3, 0.4) is 0 Å². The number of nitrogens with one attached hydrogen (secondary N) is 1. The lowest BCUT2D eigenvalue weighted by molar-refractivity contribution is -0.123. The number of halogens is 2. The molecule has 0 radical (unpaired) electrons. The molecule has 0 heterocycles. The third-order valence-corrected chi connectivity index (χ3v) is 3.38.